The normalized spacial score (nSPS) is 50.0. The Labute approximate surface area is 72.5 Å². The minimum atomic E-state index is 0.0677. The van der Waals surface area contributed by atoms with Crippen LogP contribution in [0.5, 0.6) is 0 Å². The highest BCUT2D eigenvalue weighted by Crippen LogP contribution is 2.48. The zero-order valence-electron chi connectivity index (χ0n) is 7.16. The molecule has 0 unspecified atom stereocenters. The molecule has 0 amide bonds. The largest absolute Gasteiger partial charge is 0.473 e. The van der Waals surface area contributed by atoms with Crippen molar-refractivity contribution in [1.82, 2.24) is 0 Å². The number of hydrogen-bond acceptors (Lipinski definition) is 2. The van der Waals surface area contributed by atoms with Gasteiger partial charge in [0, 0.05) is 6.42 Å². The summed E-state index contributed by atoms with van der Waals surface area (Å²) in [5, 5.41) is 0. The summed E-state index contributed by atoms with van der Waals surface area (Å²) in [6, 6.07) is 0. The van der Waals surface area contributed by atoms with Crippen LogP contribution in [0.15, 0.2) is 12.3 Å². The second kappa shape index (κ2) is 2.25. The first-order chi connectivity index (χ1) is 5.89. The fourth-order valence-corrected chi connectivity index (χ4v) is 2.82. The summed E-state index contributed by atoms with van der Waals surface area (Å²) in [5.74, 6) is 0.731. The van der Waals surface area contributed by atoms with Crippen LogP contribution >= 0.6 is 0 Å². The quantitative estimate of drug-likeness (QED) is 0.549. The average molecular weight is 166 g/mol. The highest BCUT2D eigenvalue weighted by Gasteiger charge is 2.50. The highest BCUT2D eigenvalue weighted by atomic mass is 16.7. The maximum atomic E-state index is 5.88. The molecule has 2 nitrogen and oxygen atoms in total. The van der Waals surface area contributed by atoms with Gasteiger partial charge in [-0.15, -0.1) is 0 Å². The van der Waals surface area contributed by atoms with Gasteiger partial charge in [-0.05, 0) is 24.8 Å². The van der Waals surface area contributed by atoms with E-state index in [0.717, 1.165) is 12.3 Å². The van der Waals surface area contributed by atoms with Gasteiger partial charge in [0.1, 0.15) is 0 Å². The van der Waals surface area contributed by atoms with Gasteiger partial charge in [-0.1, -0.05) is 12.8 Å². The molecule has 1 aliphatic carbocycles. The first-order valence-electron chi connectivity index (χ1n) is 4.90. The third-order valence-electron chi connectivity index (χ3n) is 3.47. The van der Waals surface area contributed by atoms with Crippen LogP contribution in [0.2, 0.25) is 0 Å². The van der Waals surface area contributed by atoms with Crippen molar-refractivity contribution >= 4 is 0 Å². The van der Waals surface area contributed by atoms with Gasteiger partial charge in [-0.25, -0.2) is 0 Å². The first kappa shape index (κ1) is 6.96. The average Bonchev–Trinajstić information content (AvgIpc) is 2.35. The van der Waals surface area contributed by atoms with Crippen LogP contribution in [-0.2, 0) is 9.47 Å². The lowest BCUT2D eigenvalue weighted by Gasteiger charge is -2.36. The van der Waals surface area contributed by atoms with E-state index in [2.05, 4.69) is 6.08 Å². The van der Waals surface area contributed by atoms with Crippen molar-refractivity contribution in [3.8, 4) is 0 Å². The minimum Gasteiger partial charge on any atom is -0.473 e. The molecule has 0 aromatic rings. The molecule has 3 aliphatic rings. The Morgan fingerprint density at radius 1 is 1.33 bits per heavy atom. The summed E-state index contributed by atoms with van der Waals surface area (Å²) in [6.07, 6.45) is 10.4. The van der Waals surface area contributed by atoms with E-state index in [1.807, 2.05) is 6.26 Å². The van der Waals surface area contributed by atoms with Crippen LogP contribution in [0.3, 0.4) is 0 Å². The van der Waals surface area contributed by atoms with E-state index in [4.69, 9.17) is 9.47 Å². The summed E-state index contributed by atoms with van der Waals surface area (Å²) in [6.45, 7) is 0. The zero-order valence-corrected chi connectivity index (χ0v) is 7.16. The molecule has 12 heavy (non-hydrogen) atoms. The van der Waals surface area contributed by atoms with Crippen molar-refractivity contribution in [2.45, 2.75) is 44.0 Å². The van der Waals surface area contributed by atoms with Crippen LogP contribution in [0, 0.1) is 5.92 Å². The zero-order chi connectivity index (χ0) is 8.02. The molecule has 2 bridgehead atoms. The Bertz CT molecular complexity index is 224. The molecule has 3 atom stereocenters. The van der Waals surface area contributed by atoms with E-state index in [0.29, 0.717) is 0 Å². The van der Waals surface area contributed by atoms with Crippen LogP contribution < -0.4 is 0 Å². The van der Waals surface area contributed by atoms with Gasteiger partial charge in [0.25, 0.3) is 0 Å². The first-order valence-corrected chi connectivity index (χ1v) is 4.90. The molecule has 2 heterocycles. The summed E-state index contributed by atoms with van der Waals surface area (Å²) < 4.78 is 11.2. The van der Waals surface area contributed by atoms with Crippen molar-refractivity contribution in [3.63, 3.8) is 0 Å². The number of rotatable bonds is 0. The molecule has 0 N–H and O–H groups in total. The van der Waals surface area contributed by atoms with Crippen LogP contribution in [-0.4, -0.2) is 11.9 Å². The van der Waals surface area contributed by atoms with Crippen molar-refractivity contribution in [1.29, 1.82) is 0 Å². The summed E-state index contributed by atoms with van der Waals surface area (Å²) in [5.41, 5.74) is 0.0845. The summed E-state index contributed by atoms with van der Waals surface area (Å²) in [4.78, 5) is 0. The van der Waals surface area contributed by atoms with Gasteiger partial charge < -0.3 is 9.47 Å². The molecule has 2 fully saturated rings. The van der Waals surface area contributed by atoms with Crippen LogP contribution in [0.25, 0.3) is 0 Å². The van der Waals surface area contributed by atoms with E-state index < -0.39 is 0 Å². The molecular formula is C10H14O2. The lowest BCUT2D eigenvalue weighted by Crippen LogP contribution is -2.37. The fraction of sp³-hybridized carbons (Fsp3) is 0.800. The molecule has 66 valence electrons. The maximum Gasteiger partial charge on any atom is 0.200 e. The number of hydrogen-bond donors (Lipinski definition) is 0. The van der Waals surface area contributed by atoms with Gasteiger partial charge in [0.05, 0.1) is 11.9 Å². The summed E-state index contributed by atoms with van der Waals surface area (Å²) in [7, 11) is 0. The van der Waals surface area contributed by atoms with E-state index in [9.17, 15) is 0 Å². The SMILES string of the molecule is C1=C[C@]23CCCC[C@H]2C[C@H](O1)O3. The second-order valence-corrected chi connectivity index (χ2v) is 4.12. The standard InChI is InChI=1S/C10H14O2/c1-2-4-10-5-6-11-9(12-10)7-8(10)3-1/h5-6,8-9H,1-4,7H2/t8-,9+,10+/m0/s1. The van der Waals surface area contributed by atoms with E-state index in [1.165, 1.54) is 25.7 Å². The van der Waals surface area contributed by atoms with E-state index in [-0.39, 0.29) is 11.9 Å². The molecule has 2 aliphatic heterocycles. The molecule has 1 saturated heterocycles. The third-order valence-corrected chi connectivity index (χ3v) is 3.47. The van der Waals surface area contributed by atoms with Crippen LogP contribution in [0.4, 0.5) is 0 Å². The van der Waals surface area contributed by atoms with Gasteiger partial charge >= 0.3 is 0 Å². The maximum absolute atomic E-state index is 5.88. The molecule has 1 saturated carbocycles. The molecular weight excluding hydrogens is 152 g/mol. The smallest absolute Gasteiger partial charge is 0.200 e. The predicted molar refractivity (Wildman–Crippen MR) is 44.4 cm³/mol. The Kier molecular flexibility index (Phi) is 1.31. The number of ether oxygens (including phenoxy) is 2. The molecule has 0 aromatic heterocycles. The Morgan fingerprint density at radius 2 is 2.33 bits per heavy atom. The monoisotopic (exact) mass is 166 g/mol. The minimum absolute atomic E-state index is 0.0677. The molecule has 2 heteroatoms. The lowest BCUT2D eigenvalue weighted by molar-refractivity contribution is -0.151. The Hall–Kier alpha value is -0.500. The van der Waals surface area contributed by atoms with Crippen molar-refractivity contribution < 1.29 is 9.47 Å². The van der Waals surface area contributed by atoms with Gasteiger partial charge in [-0.3, -0.25) is 0 Å². The fourth-order valence-electron chi connectivity index (χ4n) is 2.82. The van der Waals surface area contributed by atoms with E-state index >= 15 is 0 Å². The number of fused-ring (bicyclic) bond motifs is 1. The Morgan fingerprint density at radius 3 is 3.33 bits per heavy atom. The lowest BCUT2D eigenvalue weighted by atomic mass is 9.76. The van der Waals surface area contributed by atoms with Crippen molar-refractivity contribution in [2.24, 2.45) is 5.92 Å². The van der Waals surface area contributed by atoms with Crippen molar-refractivity contribution in [3.05, 3.63) is 12.3 Å². The van der Waals surface area contributed by atoms with Gasteiger partial charge in [0.2, 0.25) is 0 Å². The molecule has 0 aromatic carbocycles. The second-order valence-electron chi connectivity index (χ2n) is 4.12. The molecule has 0 radical (unpaired) electrons. The van der Waals surface area contributed by atoms with Gasteiger partial charge in [-0.2, -0.15) is 0 Å². The summed E-state index contributed by atoms with van der Waals surface area (Å²) >= 11 is 0. The third kappa shape index (κ3) is 0.789. The van der Waals surface area contributed by atoms with E-state index in [1.54, 1.807) is 0 Å². The molecule has 1 spiro atoms. The highest BCUT2D eigenvalue weighted by molar-refractivity contribution is 5.11. The topological polar surface area (TPSA) is 18.5 Å². The predicted octanol–water partition coefficient (Wildman–Crippen LogP) is 2.21. The molecule has 3 rings (SSSR count). The van der Waals surface area contributed by atoms with Crippen molar-refractivity contribution in [2.75, 3.05) is 0 Å². The van der Waals surface area contributed by atoms with Gasteiger partial charge in [0.15, 0.2) is 6.29 Å². The Balaban J connectivity index is 1.96. The van der Waals surface area contributed by atoms with Crippen LogP contribution in [0.1, 0.15) is 32.1 Å².